The normalized spacial score (nSPS) is 16.4. The van der Waals surface area contributed by atoms with Gasteiger partial charge in [-0.05, 0) is 87.6 Å². The Balaban J connectivity index is 1.97. The van der Waals surface area contributed by atoms with Gasteiger partial charge in [0.1, 0.15) is 16.8 Å². The predicted octanol–water partition coefficient (Wildman–Crippen LogP) is 7.50. The van der Waals surface area contributed by atoms with Crippen LogP contribution in [0, 0.1) is 0 Å². The van der Waals surface area contributed by atoms with Gasteiger partial charge in [-0.15, -0.1) is 0 Å². The molecule has 2 rings (SSSR count). The van der Waals surface area contributed by atoms with E-state index in [1.54, 1.807) is 6.92 Å². The molecule has 0 aliphatic rings. The topological polar surface area (TPSA) is 54.3 Å². The summed E-state index contributed by atoms with van der Waals surface area (Å²) in [7, 11) is 3.13. The molecule has 0 spiro atoms. The second kappa shape index (κ2) is 13.5. The maximum atomic E-state index is 9.70. The van der Waals surface area contributed by atoms with E-state index in [1.165, 1.54) is 0 Å². The zero-order valence-corrected chi connectivity index (χ0v) is 23.8. The van der Waals surface area contributed by atoms with Crippen LogP contribution < -0.4 is 9.47 Å². The molecule has 0 aliphatic heterocycles. The number of benzene rings is 2. The number of unbranched alkanes of at least 4 members (excludes halogenated alkanes) is 1. The maximum absolute atomic E-state index is 9.70. The van der Waals surface area contributed by atoms with Gasteiger partial charge in [0, 0.05) is 23.1 Å². The number of aliphatic hydroxyl groups is 1. The third-order valence-corrected chi connectivity index (χ3v) is 8.79. The van der Waals surface area contributed by atoms with Crippen LogP contribution in [-0.4, -0.2) is 33.8 Å². The Bertz CT molecular complexity index is 925. The smallest absolute Gasteiger partial charge is 0.157 e. The second-order valence-electron chi connectivity index (χ2n) is 8.85. The number of hydrazone groups is 1. The summed E-state index contributed by atoms with van der Waals surface area (Å²) in [5, 5.41) is 13.6. The fourth-order valence-electron chi connectivity index (χ4n) is 3.27. The lowest BCUT2D eigenvalue weighted by atomic mass is 10.1. The van der Waals surface area contributed by atoms with Crippen molar-refractivity contribution in [2.75, 3.05) is 7.05 Å². The number of ether oxygens (including phenoxy) is 2. The average molecular weight is 521 g/mol. The van der Waals surface area contributed by atoms with Crippen molar-refractivity contribution in [1.29, 1.82) is 0 Å². The largest absolute Gasteiger partial charge is 0.482 e. The van der Waals surface area contributed by atoms with Crippen LogP contribution >= 0.6 is 16.1 Å². The van der Waals surface area contributed by atoms with Gasteiger partial charge < -0.3 is 14.6 Å². The first kappa shape index (κ1) is 28.7. The van der Waals surface area contributed by atoms with Crippen LogP contribution in [0.15, 0.2) is 53.6 Å². The van der Waals surface area contributed by atoms with Gasteiger partial charge in [0.2, 0.25) is 0 Å². The van der Waals surface area contributed by atoms with Gasteiger partial charge in [0.05, 0.1) is 12.3 Å². The average Bonchev–Trinajstić information content (AvgIpc) is 2.82. The molecule has 0 heterocycles. The maximum Gasteiger partial charge on any atom is 0.157 e. The first-order chi connectivity index (χ1) is 16.1. The van der Waals surface area contributed by atoms with Gasteiger partial charge in [-0.25, -0.2) is 0 Å². The summed E-state index contributed by atoms with van der Waals surface area (Å²) in [4.78, 5) is 0. The molecule has 0 aromatic heterocycles. The van der Waals surface area contributed by atoms with E-state index in [0.29, 0.717) is 8.73 Å². The van der Waals surface area contributed by atoms with Crippen LogP contribution in [-0.2, 0) is 11.8 Å². The molecule has 8 heteroatoms. The van der Waals surface area contributed by atoms with Crippen molar-refractivity contribution < 1.29 is 14.6 Å². The third kappa shape index (κ3) is 9.23. The van der Waals surface area contributed by atoms with Crippen molar-refractivity contribution in [3.8, 4) is 11.5 Å². The minimum absolute atomic E-state index is 0.330. The van der Waals surface area contributed by atoms with E-state index in [9.17, 15) is 5.11 Å². The highest BCUT2D eigenvalue weighted by molar-refractivity contribution is 7.97. The monoisotopic (exact) mass is 520 g/mol. The van der Waals surface area contributed by atoms with E-state index >= 15 is 0 Å². The fourth-order valence-corrected chi connectivity index (χ4v) is 5.17. The molecule has 5 nitrogen and oxygen atoms in total. The Morgan fingerprint density at radius 1 is 1.09 bits per heavy atom. The van der Waals surface area contributed by atoms with Crippen molar-refractivity contribution in [2.24, 2.45) is 5.10 Å². The summed E-state index contributed by atoms with van der Waals surface area (Å²) in [6, 6.07) is 15.6. The highest BCUT2D eigenvalue weighted by atomic mass is 32.4. The summed E-state index contributed by atoms with van der Waals surface area (Å²) in [6.45, 7) is 10.2. The van der Waals surface area contributed by atoms with Crippen LogP contribution in [0.4, 0.5) is 0 Å². The van der Waals surface area contributed by atoms with E-state index in [-0.39, 0.29) is 10.7 Å². The molecule has 0 fully saturated rings. The molecule has 2 aromatic carbocycles. The van der Waals surface area contributed by atoms with Gasteiger partial charge in [-0.1, -0.05) is 44.2 Å². The van der Waals surface area contributed by atoms with E-state index < -0.39 is 6.10 Å². The van der Waals surface area contributed by atoms with Crippen LogP contribution in [0.25, 0.3) is 0 Å². The Morgan fingerprint density at radius 3 is 2.21 bits per heavy atom. The predicted molar refractivity (Wildman–Crippen MR) is 149 cm³/mol. The van der Waals surface area contributed by atoms with Crippen molar-refractivity contribution in [1.82, 2.24) is 4.78 Å². The lowest BCUT2D eigenvalue weighted by Crippen LogP contribution is -2.28. The van der Waals surface area contributed by atoms with Gasteiger partial charge in [0.15, 0.2) is 5.34 Å². The molecular weight excluding hydrogens is 482 g/mol. The van der Waals surface area contributed by atoms with Crippen molar-refractivity contribution >= 4 is 34.1 Å². The Hall–Kier alpha value is -1.58. The zero-order chi connectivity index (χ0) is 25.2. The van der Waals surface area contributed by atoms with E-state index in [1.807, 2.05) is 66.6 Å². The first-order valence-electron chi connectivity index (χ1n) is 11.8. The van der Waals surface area contributed by atoms with Gasteiger partial charge >= 0.3 is 0 Å². The third-order valence-electron chi connectivity index (χ3n) is 5.56. The van der Waals surface area contributed by atoms with E-state index in [2.05, 4.69) is 32.8 Å². The van der Waals surface area contributed by atoms with Gasteiger partial charge in [-0.3, -0.25) is 4.78 Å². The molecule has 0 aliphatic carbocycles. The van der Waals surface area contributed by atoms with Crippen molar-refractivity contribution in [3.63, 3.8) is 0 Å². The molecule has 0 saturated carbocycles. The zero-order valence-electron chi connectivity index (χ0n) is 21.1. The quantitative estimate of drug-likeness (QED) is 0.159. The van der Waals surface area contributed by atoms with Crippen molar-refractivity contribution in [2.45, 2.75) is 77.1 Å². The molecule has 2 aromatic rings. The molecule has 0 bridgehead atoms. The Morgan fingerprint density at radius 2 is 1.68 bits per heavy atom. The number of hydrogen-bond donors (Lipinski definition) is 1. The lowest BCUT2D eigenvalue weighted by molar-refractivity contribution is 0.170. The minimum atomic E-state index is -0.485. The molecule has 34 heavy (non-hydrogen) atoms. The number of nitrogens with zero attached hydrogens (tertiary/aromatic N) is 2. The molecule has 4 unspecified atom stereocenters. The summed E-state index contributed by atoms with van der Waals surface area (Å²) in [6.07, 6.45) is 5.39. The summed E-state index contributed by atoms with van der Waals surface area (Å²) in [5.74, 6) is 1.62. The fraction of sp³-hybridized carbons (Fsp3) is 0.500. The standard InChI is InChI=1S/C26H38N2O3P2S/c1-7-9-18-26(5,33-34)31-23-14-10-21(11-15-23)19-27-28(6)32-25(4,8-2)30-24-16-12-22(13-17-24)20(3)29/h10-17,19-20,29,32H,7-9,18H2,1-6H3. The minimum Gasteiger partial charge on any atom is -0.482 e. The van der Waals surface area contributed by atoms with Crippen molar-refractivity contribution in [3.05, 3.63) is 59.7 Å². The van der Waals surface area contributed by atoms with E-state index in [0.717, 1.165) is 55.7 Å². The van der Waals surface area contributed by atoms with Gasteiger partial charge in [0.25, 0.3) is 0 Å². The van der Waals surface area contributed by atoms with E-state index in [4.69, 9.17) is 21.3 Å². The molecule has 0 radical (unpaired) electrons. The first-order valence-corrected chi connectivity index (χ1v) is 14.6. The Kier molecular flexibility index (Phi) is 11.4. The van der Waals surface area contributed by atoms with Crippen LogP contribution in [0.3, 0.4) is 0 Å². The highest BCUT2D eigenvalue weighted by Gasteiger charge is 2.27. The second-order valence-corrected chi connectivity index (χ2v) is 12.5. The summed E-state index contributed by atoms with van der Waals surface area (Å²) in [5.41, 5.74) is 1.88. The number of hydrogen-bond acceptors (Lipinski definition) is 6. The molecule has 1 N–H and O–H groups in total. The highest BCUT2D eigenvalue weighted by Crippen LogP contribution is 2.39. The molecule has 186 valence electrons. The van der Waals surface area contributed by atoms with Crippen LogP contribution in [0.5, 0.6) is 11.5 Å². The SMILES string of the molecule is CCCCC(C)(Oc1ccc(C=NN(C)PC(C)(CC)Oc2ccc(C(C)O)cc2)cc1)P=S. The molecular formula is C26H38N2O3P2S. The number of rotatable bonds is 14. The number of aliphatic hydroxyl groups excluding tert-OH is 1. The Labute approximate surface area is 213 Å². The molecule has 0 saturated heterocycles. The molecule has 0 amide bonds. The summed E-state index contributed by atoms with van der Waals surface area (Å²) < 4.78 is 14.4. The molecule has 4 atom stereocenters. The van der Waals surface area contributed by atoms with Crippen LogP contribution in [0.1, 0.15) is 77.5 Å². The van der Waals surface area contributed by atoms with Crippen LogP contribution in [0.2, 0.25) is 0 Å². The lowest BCUT2D eigenvalue weighted by Gasteiger charge is -2.32. The van der Waals surface area contributed by atoms with Gasteiger partial charge in [-0.2, -0.15) is 5.10 Å². The summed E-state index contributed by atoms with van der Waals surface area (Å²) >= 11 is 5.31.